The van der Waals surface area contributed by atoms with E-state index < -0.39 is 46.6 Å². The van der Waals surface area contributed by atoms with E-state index in [2.05, 4.69) is 0 Å². The molecule has 4 aromatic carbocycles. The number of nitrogens with two attached hydrogens (primary N) is 1. The van der Waals surface area contributed by atoms with Gasteiger partial charge in [-0.25, -0.2) is 0 Å². The number of nitro groups is 6. The van der Waals surface area contributed by atoms with Gasteiger partial charge in [0, 0.05) is 48.4 Å². The van der Waals surface area contributed by atoms with E-state index in [9.17, 15) is 60.7 Å². The summed E-state index contributed by atoms with van der Waals surface area (Å²) in [5.41, 5.74) is 4.48. The van der Waals surface area contributed by atoms with Crippen LogP contribution in [-0.2, 0) is 6.42 Å². The SMILES string of the molecule is Cc1cc([N+](=O)[O-])cc([N+](=O)[O-])c1Cc1c(Cl)cc([N+](=O)[O-])cc1Cl.Cc1cc([N+](=O)[O-])cc([N+](=O)[O-])c1Cl.Nc1c(Cl)cc([N+](=O)[O-])cc1Cl.[H-].[Na+]. The summed E-state index contributed by atoms with van der Waals surface area (Å²) in [6.07, 6.45) is -0.101. The van der Waals surface area contributed by atoms with Crippen molar-refractivity contribution in [2.75, 3.05) is 5.73 Å². The number of benzene rings is 4. The number of hydrogen-bond donors (Lipinski definition) is 1. The van der Waals surface area contributed by atoms with Gasteiger partial charge in [-0.05, 0) is 30.5 Å². The minimum absolute atomic E-state index is 0. The molecule has 0 unspecified atom stereocenters. The standard InChI is InChI=1S/C14H9Cl2N3O6.C7H5ClN2O4.C6H4Cl2N2O2.Na.H/c1-7-2-8(17(20)21)5-14(19(24)25)10(7)6-11-12(15)3-9(18(22)23)4-13(11)16;1-4-2-5(9(11)12)3-6(7(4)8)10(13)14;7-4-1-3(10(11)12)2-5(8)6(4)9;;/h2-5H,6H2,1H3;2-3H,1H3;1-2H,9H2;;/q;;;+1;-1. The summed E-state index contributed by atoms with van der Waals surface area (Å²) >= 11 is 28.8. The Labute approximate surface area is 338 Å². The topological polar surface area (TPSA) is 285 Å². The first-order chi connectivity index (χ1) is 23.6. The fraction of sp³-hybridized carbons (Fsp3) is 0.111. The normalized spacial score (nSPS) is 9.98. The summed E-state index contributed by atoms with van der Waals surface area (Å²) in [6, 6.07) is 8.59. The van der Waals surface area contributed by atoms with Crippen LogP contribution in [0, 0.1) is 74.5 Å². The van der Waals surface area contributed by atoms with Gasteiger partial charge in [-0.1, -0.05) is 58.0 Å². The first kappa shape index (κ1) is 45.6. The van der Waals surface area contributed by atoms with Crippen LogP contribution < -0.4 is 35.3 Å². The number of anilines is 1. The molecule has 0 spiro atoms. The van der Waals surface area contributed by atoms with Crippen LogP contribution in [0.5, 0.6) is 0 Å². The molecule has 19 nitrogen and oxygen atoms in total. The molecule has 0 radical (unpaired) electrons. The third-order valence-corrected chi connectivity index (χ3v) is 8.23. The largest absolute Gasteiger partial charge is 1.00 e. The van der Waals surface area contributed by atoms with Crippen molar-refractivity contribution in [3.8, 4) is 0 Å². The van der Waals surface area contributed by atoms with E-state index in [4.69, 9.17) is 63.7 Å². The van der Waals surface area contributed by atoms with E-state index in [1.165, 1.54) is 26.0 Å². The number of rotatable bonds is 8. The minimum Gasteiger partial charge on any atom is -1.00 e. The molecule has 0 aromatic heterocycles. The van der Waals surface area contributed by atoms with Crippen molar-refractivity contribution in [1.29, 1.82) is 0 Å². The second kappa shape index (κ2) is 19.4. The Hall–Kier alpha value is -4.47. The Kier molecular flexibility index (Phi) is 17.0. The third-order valence-electron chi connectivity index (χ3n) is 6.43. The molecular weight excluding hydrogens is 815 g/mol. The summed E-state index contributed by atoms with van der Waals surface area (Å²) in [5, 5.41) is 64.1. The van der Waals surface area contributed by atoms with Crippen LogP contribution in [0.2, 0.25) is 25.1 Å². The number of halogens is 5. The van der Waals surface area contributed by atoms with Crippen LogP contribution in [0.4, 0.5) is 39.8 Å². The number of nitro benzene ring substituents is 6. The van der Waals surface area contributed by atoms with Gasteiger partial charge >= 0.3 is 29.6 Å². The average Bonchev–Trinajstić information content (AvgIpc) is 3.02. The molecule has 2 N–H and O–H groups in total. The van der Waals surface area contributed by atoms with Gasteiger partial charge in [0.05, 0.1) is 67.5 Å². The van der Waals surface area contributed by atoms with Crippen molar-refractivity contribution in [2.24, 2.45) is 0 Å². The second-order valence-corrected chi connectivity index (χ2v) is 11.8. The number of non-ortho nitro benzene ring substituents is 4. The maximum absolute atomic E-state index is 11.3. The number of nitrogen functional groups attached to an aromatic ring is 1. The summed E-state index contributed by atoms with van der Waals surface area (Å²) in [5.74, 6) is 0. The smallest absolute Gasteiger partial charge is 1.00 e. The van der Waals surface area contributed by atoms with Gasteiger partial charge in [-0.15, -0.1) is 0 Å². The van der Waals surface area contributed by atoms with Crippen molar-refractivity contribution in [3.05, 3.63) is 157 Å². The zero-order valence-corrected chi connectivity index (χ0v) is 32.2. The van der Waals surface area contributed by atoms with Gasteiger partial charge in [0.25, 0.3) is 34.1 Å². The number of aryl methyl sites for hydroxylation is 2. The van der Waals surface area contributed by atoms with Gasteiger partial charge < -0.3 is 7.16 Å². The van der Waals surface area contributed by atoms with E-state index in [1.54, 1.807) is 0 Å². The van der Waals surface area contributed by atoms with Crippen molar-refractivity contribution >= 4 is 97.8 Å². The molecule has 4 rings (SSSR count). The molecule has 52 heavy (non-hydrogen) atoms. The molecule has 0 aliphatic heterocycles. The van der Waals surface area contributed by atoms with E-state index >= 15 is 0 Å². The van der Waals surface area contributed by atoms with Crippen molar-refractivity contribution in [3.63, 3.8) is 0 Å². The van der Waals surface area contributed by atoms with Gasteiger partial charge in [0.1, 0.15) is 5.02 Å². The van der Waals surface area contributed by atoms with Crippen LogP contribution in [0.15, 0.2) is 48.5 Å². The van der Waals surface area contributed by atoms with Gasteiger partial charge in [-0.3, -0.25) is 60.7 Å². The van der Waals surface area contributed by atoms with Crippen LogP contribution in [0.25, 0.3) is 0 Å². The summed E-state index contributed by atoms with van der Waals surface area (Å²) in [6.45, 7) is 2.96. The first-order valence-electron chi connectivity index (χ1n) is 13.1. The van der Waals surface area contributed by atoms with E-state index in [0.29, 0.717) is 11.1 Å². The molecule has 0 saturated carbocycles. The quantitative estimate of drug-likeness (QED) is 0.0839. The predicted octanol–water partition coefficient (Wildman–Crippen LogP) is 6.68. The van der Waals surface area contributed by atoms with Gasteiger partial charge in [0.15, 0.2) is 0 Å². The molecule has 0 heterocycles. The van der Waals surface area contributed by atoms with Gasteiger partial charge in [-0.2, -0.15) is 0 Å². The Balaban J connectivity index is 0.000000822. The van der Waals surface area contributed by atoms with Crippen molar-refractivity contribution < 1.29 is 60.5 Å². The van der Waals surface area contributed by atoms with E-state index in [-0.39, 0.29) is 96.4 Å². The maximum atomic E-state index is 11.3. The fourth-order valence-corrected chi connectivity index (χ4v) is 5.23. The molecule has 0 bridgehead atoms. The van der Waals surface area contributed by atoms with Crippen LogP contribution in [0.1, 0.15) is 23.7 Å². The molecule has 0 aliphatic rings. The van der Waals surface area contributed by atoms with Crippen molar-refractivity contribution in [1.82, 2.24) is 0 Å². The average molecular weight is 834 g/mol. The zero-order chi connectivity index (χ0) is 39.1. The molecule has 270 valence electrons. The minimum atomic E-state index is -0.748. The Morgan fingerprint density at radius 3 is 1.19 bits per heavy atom. The molecule has 0 saturated heterocycles. The van der Waals surface area contributed by atoms with E-state index in [0.717, 1.165) is 36.4 Å². The Bertz CT molecular complexity index is 2090. The summed E-state index contributed by atoms with van der Waals surface area (Å²) < 4.78 is 0. The van der Waals surface area contributed by atoms with Crippen LogP contribution in [-0.4, -0.2) is 29.5 Å². The second-order valence-electron chi connectivity index (χ2n) is 9.79. The summed E-state index contributed by atoms with van der Waals surface area (Å²) in [4.78, 5) is 59.9. The fourth-order valence-electron chi connectivity index (χ4n) is 3.97. The van der Waals surface area contributed by atoms with Gasteiger partial charge in [0.2, 0.25) is 0 Å². The van der Waals surface area contributed by atoms with E-state index in [1.807, 2.05) is 0 Å². The third kappa shape index (κ3) is 11.8. The molecule has 0 aliphatic carbocycles. The zero-order valence-electron chi connectivity index (χ0n) is 27.4. The molecular formula is C27H19Cl5N7NaO12. The van der Waals surface area contributed by atoms with Crippen LogP contribution in [0.3, 0.4) is 0 Å². The summed E-state index contributed by atoms with van der Waals surface area (Å²) in [7, 11) is 0. The number of nitrogens with zero attached hydrogens (tertiary/aromatic N) is 6. The Morgan fingerprint density at radius 1 is 0.500 bits per heavy atom. The monoisotopic (exact) mass is 831 g/mol. The Morgan fingerprint density at radius 2 is 0.827 bits per heavy atom. The molecule has 25 heteroatoms. The molecule has 4 aromatic rings. The first-order valence-corrected chi connectivity index (χ1v) is 15.0. The van der Waals surface area contributed by atoms with Crippen molar-refractivity contribution in [2.45, 2.75) is 20.3 Å². The maximum Gasteiger partial charge on any atom is 1.00 e. The molecule has 0 atom stereocenters. The number of hydrogen-bond acceptors (Lipinski definition) is 13. The molecule has 0 amide bonds. The predicted molar refractivity (Wildman–Crippen MR) is 189 cm³/mol. The molecule has 0 fully saturated rings. The van der Waals surface area contributed by atoms with Crippen LogP contribution >= 0.6 is 58.0 Å².